The minimum absolute atomic E-state index is 0.0104. The van der Waals surface area contributed by atoms with Crippen LogP contribution in [0.2, 0.25) is 0 Å². The molecule has 1 rings (SSSR count). The largest absolute Gasteiger partial charge is 0.481 e. The first-order chi connectivity index (χ1) is 7.84. The van der Waals surface area contributed by atoms with Crippen molar-refractivity contribution in [1.82, 2.24) is 10.6 Å². The molecule has 0 heterocycles. The molecule has 0 aromatic rings. The van der Waals surface area contributed by atoms with E-state index in [1.54, 1.807) is 0 Å². The Hall–Kier alpha value is -1.26. The van der Waals surface area contributed by atoms with E-state index in [2.05, 4.69) is 10.6 Å². The molecule has 0 aliphatic heterocycles. The zero-order valence-corrected chi connectivity index (χ0v) is 10.7. The number of carbonyl (C=O) groups excluding carboxylic acids is 1. The first kappa shape index (κ1) is 13.8. The molecular formula is C12H22N2O3. The van der Waals surface area contributed by atoms with Crippen LogP contribution in [0, 0.1) is 5.92 Å². The number of nitrogens with one attached hydrogen (secondary N) is 2. The molecule has 0 aromatic carbocycles. The van der Waals surface area contributed by atoms with Gasteiger partial charge >= 0.3 is 12.0 Å². The predicted octanol–water partition coefficient (Wildman–Crippen LogP) is 1.73. The standard InChI is InChI=1S/C12H22N2O3/c1-8(2)9(3)13-11(17)14-12(5-4-6-12)7-10(15)16/h8-9H,4-7H2,1-3H3,(H,15,16)(H2,13,14,17). The van der Waals surface area contributed by atoms with Crippen molar-refractivity contribution < 1.29 is 14.7 Å². The second-order valence-electron chi connectivity index (χ2n) is 5.34. The number of hydrogen-bond donors (Lipinski definition) is 3. The highest BCUT2D eigenvalue weighted by molar-refractivity contribution is 5.77. The number of hydrogen-bond acceptors (Lipinski definition) is 2. The molecule has 17 heavy (non-hydrogen) atoms. The number of carbonyl (C=O) groups is 2. The Morgan fingerprint density at radius 1 is 1.29 bits per heavy atom. The molecule has 2 amide bonds. The minimum atomic E-state index is -0.859. The van der Waals surface area contributed by atoms with Gasteiger partial charge in [-0.05, 0) is 32.1 Å². The number of rotatable bonds is 5. The van der Waals surface area contributed by atoms with Crippen LogP contribution in [0.3, 0.4) is 0 Å². The Kier molecular flexibility index (Phi) is 4.37. The maximum absolute atomic E-state index is 11.7. The fourth-order valence-corrected chi connectivity index (χ4v) is 1.89. The summed E-state index contributed by atoms with van der Waals surface area (Å²) in [6, 6.07) is -0.177. The molecule has 0 radical (unpaired) electrons. The van der Waals surface area contributed by atoms with Crippen molar-refractivity contribution in [3.63, 3.8) is 0 Å². The molecule has 1 aliphatic rings. The van der Waals surface area contributed by atoms with Crippen molar-refractivity contribution in [1.29, 1.82) is 0 Å². The van der Waals surface area contributed by atoms with E-state index in [0.717, 1.165) is 19.3 Å². The molecule has 1 unspecified atom stereocenters. The molecule has 1 fully saturated rings. The van der Waals surface area contributed by atoms with Crippen LogP contribution in [0.4, 0.5) is 4.79 Å². The van der Waals surface area contributed by atoms with Crippen molar-refractivity contribution in [2.24, 2.45) is 5.92 Å². The molecule has 1 aliphatic carbocycles. The van der Waals surface area contributed by atoms with Crippen LogP contribution in [0.15, 0.2) is 0 Å². The summed E-state index contributed by atoms with van der Waals surface area (Å²) in [6.45, 7) is 6.00. The first-order valence-electron chi connectivity index (χ1n) is 6.15. The summed E-state index contributed by atoms with van der Waals surface area (Å²) in [6.07, 6.45) is 2.50. The van der Waals surface area contributed by atoms with Gasteiger partial charge < -0.3 is 15.7 Å². The molecule has 1 atom stereocenters. The van der Waals surface area contributed by atoms with Crippen molar-refractivity contribution in [3.8, 4) is 0 Å². The predicted molar refractivity (Wildman–Crippen MR) is 64.8 cm³/mol. The van der Waals surface area contributed by atoms with Gasteiger partial charge in [-0.1, -0.05) is 13.8 Å². The lowest BCUT2D eigenvalue weighted by atomic mass is 9.74. The van der Waals surface area contributed by atoms with Crippen LogP contribution < -0.4 is 10.6 Å². The molecule has 0 bridgehead atoms. The molecule has 0 aromatic heterocycles. The van der Waals surface area contributed by atoms with Crippen molar-refractivity contribution in [3.05, 3.63) is 0 Å². The normalized spacial score (nSPS) is 19.3. The Morgan fingerprint density at radius 3 is 2.24 bits per heavy atom. The molecule has 5 nitrogen and oxygen atoms in total. The summed E-state index contributed by atoms with van der Waals surface area (Å²) in [5.41, 5.74) is -0.521. The number of carboxylic acid groups (broad SMARTS) is 1. The van der Waals surface area contributed by atoms with E-state index < -0.39 is 11.5 Å². The van der Waals surface area contributed by atoms with Gasteiger partial charge in [0.1, 0.15) is 0 Å². The summed E-state index contributed by atoms with van der Waals surface area (Å²) >= 11 is 0. The van der Waals surface area contributed by atoms with Gasteiger partial charge in [-0.25, -0.2) is 4.79 Å². The monoisotopic (exact) mass is 242 g/mol. The van der Waals surface area contributed by atoms with E-state index in [1.165, 1.54) is 0 Å². The average Bonchev–Trinajstić information content (AvgIpc) is 2.13. The lowest BCUT2D eigenvalue weighted by molar-refractivity contribution is -0.139. The molecule has 3 N–H and O–H groups in total. The van der Waals surface area contributed by atoms with Crippen LogP contribution in [0.25, 0.3) is 0 Å². The number of aliphatic carboxylic acids is 1. The molecule has 1 saturated carbocycles. The van der Waals surface area contributed by atoms with E-state index in [4.69, 9.17) is 5.11 Å². The summed E-state index contributed by atoms with van der Waals surface area (Å²) in [4.78, 5) is 22.5. The third kappa shape index (κ3) is 3.91. The molecule has 5 heteroatoms. The Morgan fingerprint density at radius 2 is 1.88 bits per heavy atom. The minimum Gasteiger partial charge on any atom is -0.481 e. The van der Waals surface area contributed by atoms with E-state index in [1.807, 2.05) is 20.8 Å². The van der Waals surface area contributed by atoms with Crippen molar-refractivity contribution >= 4 is 12.0 Å². The van der Waals surface area contributed by atoms with Crippen LogP contribution in [0.1, 0.15) is 46.5 Å². The lowest BCUT2D eigenvalue weighted by Gasteiger charge is -2.41. The third-order valence-corrected chi connectivity index (χ3v) is 3.54. The Labute approximate surface area is 102 Å². The van der Waals surface area contributed by atoms with Gasteiger partial charge in [-0.3, -0.25) is 4.79 Å². The maximum atomic E-state index is 11.7. The van der Waals surface area contributed by atoms with E-state index in [9.17, 15) is 9.59 Å². The van der Waals surface area contributed by atoms with Gasteiger partial charge in [0.15, 0.2) is 0 Å². The summed E-state index contributed by atoms with van der Waals surface area (Å²) < 4.78 is 0. The lowest BCUT2D eigenvalue weighted by Crippen LogP contribution is -2.58. The van der Waals surface area contributed by atoms with Crippen molar-refractivity contribution in [2.45, 2.75) is 58.0 Å². The van der Waals surface area contributed by atoms with Gasteiger partial charge in [0.05, 0.1) is 12.0 Å². The number of carboxylic acids is 1. The molecule has 98 valence electrons. The first-order valence-corrected chi connectivity index (χ1v) is 6.15. The third-order valence-electron chi connectivity index (χ3n) is 3.54. The quantitative estimate of drug-likeness (QED) is 0.687. The molecule has 0 saturated heterocycles. The fraction of sp³-hybridized carbons (Fsp3) is 0.833. The van der Waals surface area contributed by atoms with E-state index in [0.29, 0.717) is 5.92 Å². The zero-order chi connectivity index (χ0) is 13.1. The van der Waals surface area contributed by atoms with Gasteiger partial charge in [0.2, 0.25) is 0 Å². The van der Waals surface area contributed by atoms with Gasteiger partial charge in [0, 0.05) is 6.04 Å². The Balaban J connectivity index is 2.46. The zero-order valence-electron chi connectivity index (χ0n) is 10.7. The highest BCUT2D eigenvalue weighted by atomic mass is 16.4. The maximum Gasteiger partial charge on any atom is 0.315 e. The van der Waals surface area contributed by atoms with E-state index in [-0.39, 0.29) is 18.5 Å². The number of amides is 2. The fourth-order valence-electron chi connectivity index (χ4n) is 1.89. The van der Waals surface area contributed by atoms with Gasteiger partial charge in [-0.15, -0.1) is 0 Å². The van der Waals surface area contributed by atoms with Crippen LogP contribution >= 0.6 is 0 Å². The summed E-state index contributed by atoms with van der Waals surface area (Å²) in [7, 11) is 0. The number of urea groups is 1. The highest BCUT2D eigenvalue weighted by Crippen LogP contribution is 2.34. The summed E-state index contributed by atoms with van der Waals surface area (Å²) in [5.74, 6) is -0.500. The molecule has 0 spiro atoms. The van der Waals surface area contributed by atoms with Gasteiger partial charge in [0.25, 0.3) is 0 Å². The topological polar surface area (TPSA) is 78.4 Å². The van der Waals surface area contributed by atoms with Crippen LogP contribution in [-0.4, -0.2) is 28.7 Å². The average molecular weight is 242 g/mol. The van der Waals surface area contributed by atoms with Crippen LogP contribution in [0.5, 0.6) is 0 Å². The molecular weight excluding hydrogens is 220 g/mol. The smallest absolute Gasteiger partial charge is 0.315 e. The summed E-state index contributed by atoms with van der Waals surface area (Å²) in [5, 5.41) is 14.5. The van der Waals surface area contributed by atoms with Crippen LogP contribution in [-0.2, 0) is 4.79 Å². The van der Waals surface area contributed by atoms with Crippen molar-refractivity contribution in [2.75, 3.05) is 0 Å². The van der Waals surface area contributed by atoms with Gasteiger partial charge in [-0.2, -0.15) is 0 Å². The van der Waals surface area contributed by atoms with E-state index >= 15 is 0 Å². The SMILES string of the molecule is CC(C)C(C)NC(=O)NC1(CC(=O)O)CCC1. The second kappa shape index (κ2) is 5.38. The highest BCUT2D eigenvalue weighted by Gasteiger charge is 2.40. The second-order valence-corrected chi connectivity index (χ2v) is 5.34. The Bertz CT molecular complexity index is 298.